The van der Waals surface area contributed by atoms with Crippen LogP contribution in [0.2, 0.25) is 0 Å². The molecule has 0 bridgehead atoms. The maximum absolute atomic E-state index is 6.21. The van der Waals surface area contributed by atoms with Crippen molar-refractivity contribution in [2.45, 2.75) is 18.9 Å². The smallest absolute Gasteiger partial charge is 0.138 e. The molecule has 1 aliphatic rings. The van der Waals surface area contributed by atoms with E-state index in [4.69, 9.17) is 4.74 Å². The van der Waals surface area contributed by atoms with Crippen LogP contribution in [0.1, 0.15) is 12.8 Å². The van der Waals surface area contributed by atoms with E-state index in [2.05, 4.69) is 59.7 Å². The first kappa shape index (κ1) is 21.7. The molecule has 8 nitrogen and oxygen atoms in total. The normalized spacial score (nSPS) is 14.4. The topological polar surface area (TPSA) is 104 Å². The van der Waals surface area contributed by atoms with Crippen LogP contribution in [0.4, 0.5) is 0 Å². The Kier molecular flexibility index (Phi) is 5.36. The molecule has 1 aromatic carbocycles. The Balaban J connectivity index is 1.26. The van der Waals surface area contributed by atoms with Crippen molar-refractivity contribution in [3.05, 3.63) is 79.4 Å². The summed E-state index contributed by atoms with van der Waals surface area (Å²) in [6.45, 7) is 1.97. The fraction of sp³-hybridized carbons (Fsp3) is 0.172. The fourth-order valence-electron chi connectivity index (χ4n) is 5.04. The maximum Gasteiger partial charge on any atom is 0.138 e. The predicted molar refractivity (Wildman–Crippen MR) is 144 cm³/mol. The second-order valence-electron chi connectivity index (χ2n) is 9.33. The van der Waals surface area contributed by atoms with Crippen LogP contribution in [0.15, 0.2) is 79.4 Å². The number of aromatic nitrogens is 6. The second kappa shape index (κ2) is 9.15. The molecule has 6 heterocycles. The number of nitrogens with one attached hydrogen (secondary N) is 3. The van der Waals surface area contributed by atoms with Gasteiger partial charge in [0.25, 0.3) is 0 Å². The lowest BCUT2D eigenvalue weighted by Crippen LogP contribution is -2.34. The molecule has 37 heavy (non-hydrogen) atoms. The van der Waals surface area contributed by atoms with Gasteiger partial charge in [-0.3, -0.25) is 20.1 Å². The molecule has 8 heteroatoms. The number of ether oxygens (including phenoxy) is 1. The molecule has 0 radical (unpaired) electrons. The zero-order chi connectivity index (χ0) is 24.6. The molecule has 0 unspecified atom stereocenters. The first-order valence-electron chi connectivity index (χ1n) is 12.5. The summed E-state index contributed by atoms with van der Waals surface area (Å²) in [4.78, 5) is 17.2. The Morgan fingerprint density at radius 1 is 0.811 bits per heavy atom. The molecule has 182 valence electrons. The van der Waals surface area contributed by atoms with Crippen molar-refractivity contribution in [1.82, 2.24) is 35.5 Å². The molecule has 0 atom stereocenters. The third-order valence-electron chi connectivity index (χ3n) is 6.91. The van der Waals surface area contributed by atoms with E-state index in [9.17, 15) is 0 Å². The van der Waals surface area contributed by atoms with Crippen LogP contribution in [0, 0.1) is 0 Å². The molecule has 6 aromatic rings. The second-order valence-corrected chi connectivity index (χ2v) is 9.33. The number of hydrogen-bond acceptors (Lipinski definition) is 6. The number of fused-ring (bicyclic) bond motifs is 2. The molecule has 1 fully saturated rings. The molecule has 1 saturated heterocycles. The number of nitrogens with zero attached hydrogens (tertiary/aromatic N) is 4. The quantitative estimate of drug-likeness (QED) is 0.302. The zero-order valence-electron chi connectivity index (χ0n) is 20.1. The van der Waals surface area contributed by atoms with Crippen molar-refractivity contribution in [1.29, 1.82) is 0 Å². The maximum atomic E-state index is 6.21. The molecule has 0 spiro atoms. The van der Waals surface area contributed by atoms with Crippen LogP contribution in [0.5, 0.6) is 5.75 Å². The highest BCUT2D eigenvalue weighted by Gasteiger charge is 2.17. The summed E-state index contributed by atoms with van der Waals surface area (Å²) in [5.74, 6) is 0.774. The lowest BCUT2D eigenvalue weighted by atomic mass is 10.1. The summed E-state index contributed by atoms with van der Waals surface area (Å²) in [6, 6.07) is 18.4. The van der Waals surface area contributed by atoms with Gasteiger partial charge in [-0.15, -0.1) is 0 Å². The van der Waals surface area contributed by atoms with Crippen LogP contribution in [0.3, 0.4) is 0 Å². The summed E-state index contributed by atoms with van der Waals surface area (Å²) < 4.78 is 6.21. The first-order valence-corrected chi connectivity index (χ1v) is 12.5. The van der Waals surface area contributed by atoms with E-state index in [1.54, 1.807) is 6.20 Å². The highest BCUT2D eigenvalue weighted by molar-refractivity contribution is 6.01. The molecule has 0 saturated carbocycles. The third kappa shape index (κ3) is 4.11. The summed E-state index contributed by atoms with van der Waals surface area (Å²) >= 11 is 0. The van der Waals surface area contributed by atoms with Gasteiger partial charge in [-0.25, -0.2) is 0 Å². The van der Waals surface area contributed by atoms with Crippen molar-refractivity contribution in [2.24, 2.45) is 0 Å². The van der Waals surface area contributed by atoms with E-state index in [0.717, 1.165) is 87.4 Å². The zero-order valence-corrected chi connectivity index (χ0v) is 20.1. The van der Waals surface area contributed by atoms with Gasteiger partial charge >= 0.3 is 0 Å². The first-order chi connectivity index (χ1) is 18.3. The Labute approximate surface area is 213 Å². The Morgan fingerprint density at radius 2 is 1.76 bits per heavy atom. The third-order valence-corrected chi connectivity index (χ3v) is 6.91. The molecule has 5 aromatic heterocycles. The van der Waals surface area contributed by atoms with Crippen molar-refractivity contribution in [2.75, 3.05) is 13.1 Å². The molecule has 0 aliphatic carbocycles. The van der Waals surface area contributed by atoms with Crippen molar-refractivity contribution in [3.63, 3.8) is 0 Å². The Bertz CT molecular complexity index is 1700. The summed E-state index contributed by atoms with van der Waals surface area (Å²) in [7, 11) is 0. The van der Waals surface area contributed by atoms with Crippen LogP contribution in [0.25, 0.3) is 55.7 Å². The molecular formula is C29H25N7O. The highest BCUT2D eigenvalue weighted by Crippen LogP contribution is 2.34. The molecule has 7 rings (SSSR count). The average Bonchev–Trinajstić information content (AvgIpc) is 3.58. The van der Waals surface area contributed by atoms with Gasteiger partial charge in [0.1, 0.15) is 17.5 Å². The van der Waals surface area contributed by atoms with Gasteiger partial charge in [-0.05, 0) is 62.3 Å². The number of pyridine rings is 3. The molecule has 3 N–H and O–H groups in total. The predicted octanol–water partition coefficient (Wildman–Crippen LogP) is 5.36. The SMILES string of the molecule is c1ccc(-c2cccc3[nH]c(-c4n[nH]c5cnc(-c6cncc(OC7CCNCC7)c6)cc45)cc23)nc1. The van der Waals surface area contributed by atoms with Crippen molar-refractivity contribution < 1.29 is 4.74 Å². The monoisotopic (exact) mass is 487 g/mol. The number of benzene rings is 1. The number of piperidine rings is 1. The van der Waals surface area contributed by atoms with Crippen molar-refractivity contribution >= 4 is 21.8 Å². The van der Waals surface area contributed by atoms with E-state index >= 15 is 0 Å². The Hall–Kier alpha value is -4.56. The lowest BCUT2D eigenvalue weighted by molar-refractivity contribution is 0.162. The summed E-state index contributed by atoms with van der Waals surface area (Å²) in [6.07, 6.45) is 9.45. The Morgan fingerprint density at radius 3 is 2.65 bits per heavy atom. The standard InChI is InChI=1S/C29H25N7O/c1-2-9-32-24(5-1)21-4-3-6-25-22(21)13-27(34-25)29-23-14-26(33-17-28(23)35-36-29)18-12-20(16-31-15-18)37-19-7-10-30-11-8-19/h1-6,9,12-17,19,30,34H,7-8,10-11H2,(H,35,36). The van der Waals surface area contributed by atoms with Crippen LogP contribution in [-0.4, -0.2) is 49.3 Å². The van der Waals surface area contributed by atoms with E-state index in [1.165, 1.54) is 0 Å². The average molecular weight is 488 g/mol. The van der Waals surface area contributed by atoms with Gasteiger partial charge in [0.2, 0.25) is 0 Å². The number of hydrogen-bond donors (Lipinski definition) is 3. The van der Waals surface area contributed by atoms with Gasteiger partial charge in [-0.2, -0.15) is 5.10 Å². The van der Waals surface area contributed by atoms with Gasteiger partial charge in [0.15, 0.2) is 0 Å². The van der Waals surface area contributed by atoms with E-state index in [-0.39, 0.29) is 6.10 Å². The van der Waals surface area contributed by atoms with Crippen LogP contribution < -0.4 is 10.1 Å². The van der Waals surface area contributed by atoms with E-state index < -0.39 is 0 Å². The largest absolute Gasteiger partial charge is 0.489 e. The van der Waals surface area contributed by atoms with Gasteiger partial charge in [0.05, 0.1) is 35.0 Å². The summed E-state index contributed by atoms with van der Waals surface area (Å²) in [5.41, 5.74) is 7.45. The van der Waals surface area contributed by atoms with E-state index in [0.29, 0.717) is 0 Å². The fourth-order valence-corrected chi connectivity index (χ4v) is 5.04. The highest BCUT2D eigenvalue weighted by atomic mass is 16.5. The van der Waals surface area contributed by atoms with Crippen LogP contribution >= 0.6 is 0 Å². The molecular weight excluding hydrogens is 462 g/mol. The van der Waals surface area contributed by atoms with Gasteiger partial charge in [0, 0.05) is 39.8 Å². The number of H-pyrrole nitrogens is 2. The minimum Gasteiger partial charge on any atom is -0.489 e. The summed E-state index contributed by atoms with van der Waals surface area (Å²) in [5, 5.41) is 13.2. The molecule has 1 aliphatic heterocycles. The van der Waals surface area contributed by atoms with Gasteiger partial charge in [-0.1, -0.05) is 18.2 Å². The minimum absolute atomic E-state index is 0.215. The van der Waals surface area contributed by atoms with E-state index in [1.807, 2.05) is 48.9 Å². The molecule has 0 amide bonds. The number of aromatic amines is 2. The van der Waals surface area contributed by atoms with Crippen LogP contribution in [-0.2, 0) is 0 Å². The van der Waals surface area contributed by atoms with Gasteiger partial charge < -0.3 is 15.0 Å². The number of rotatable bonds is 5. The minimum atomic E-state index is 0.215. The lowest BCUT2D eigenvalue weighted by Gasteiger charge is -2.23. The van der Waals surface area contributed by atoms with Crippen molar-refractivity contribution in [3.8, 4) is 39.7 Å².